The number of rotatable bonds is 9. The van der Waals surface area contributed by atoms with Crippen LogP contribution >= 0.6 is 0 Å². The minimum Gasteiger partial charge on any atom is -0.380 e. The van der Waals surface area contributed by atoms with Gasteiger partial charge in [-0.05, 0) is 68.0 Å². The van der Waals surface area contributed by atoms with Crippen molar-refractivity contribution >= 4 is 16.6 Å². The van der Waals surface area contributed by atoms with Crippen LogP contribution in [0.15, 0.2) is 30.5 Å². The van der Waals surface area contributed by atoms with Gasteiger partial charge >= 0.3 is 0 Å². The lowest BCUT2D eigenvalue weighted by Crippen LogP contribution is -2.56. The van der Waals surface area contributed by atoms with E-state index in [-0.39, 0.29) is 30.4 Å². The molecular formula is C32H41F4N5O. The Morgan fingerprint density at radius 3 is 2.55 bits per heavy atom. The molecule has 0 bridgehead atoms. The van der Waals surface area contributed by atoms with Crippen molar-refractivity contribution in [3.8, 4) is 0 Å². The number of benzene rings is 2. The number of alkyl halides is 2. The van der Waals surface area contributed by atoms with Crippen molar-refractivity contribution in [3.63, 3.8) is 0 Å². The number of ether oxygens (including phenoxy) is 1. The van der Waals surface area contributed by atoms with Crippen molar-refractivity contribution in [2.75, 3.05) is 45.3 Å². The van der Waals surface area contributed by atoms with E-state index in [0.717, 1.165) is 54.3 Å². The summed E-state index contributed by atoms with van der Waals surface area (Å²) < 4.78 is 65.8. The number of nitrogens with one attached hydrogen (secondary N) is 1. The molecular weight excluding hydrogens is 546 g/mol. The number of nitrogens with zero attached hydrogens (tertiary/aromatic N) is 4. The average Bonchev–Trinajstić information content (AvgIpc) is 3.38. The number of anilines is 1. The van der Waals surface area contributed by atoms with Gasteiger partial charge < -0.3 is 10.1 Å². The first-order chi connectivity index (χ1) is 20.2. The number of halogens is 4. The summed E-state index contributed by atoms with van der Waals surface area (Å²) in [5.41, 5.74) is 3.42. The Morgan fingerprint density at radius 2 is 1.88 bits per heavy atom. The molecule has 2 fully saturated rings. The van der Waals surface area contributed by atoms with Gasteiger partial charge in [-0.3, -0.25) is 9.80 Å². The molecule has 0 amide bonds. The summed E-state index contributed by atoms with van der Waals surface area (Å²) in [6, 6.07) is 6.65. The normalized spacial score (nSPS) is 24.6. The molecule has 3 aliphatic rings. The van der Waals surface area contributed by atoms with E-state index in [1.807, 2.05) is 30.1 Å². The third kappa shape index (κ3) is 5.65. The number of aromatic nitrogens is 2. The number of hydrogen-bond donors (Lipinski definition) is 1. The predicted octanol–water partition coefficient (Wildman–Crippen LogP) is 6.41. The van der Waals surface area contributed by atoms with Crippen LogP contribution in [0, 0.1) is 17.6 Å². The van der Waals surface area contributed by atoms with E-state index in [4.69, 9.17) is 9.84 Å². The van der Waals surface area contributed by atoms with Crippen LogP contribution in [-0.4, -0.2) is 77.8 Å². The van der Waals surface area contributed by atoms with E-state index in [2.05, 4.69) is 24.1 Å². The van der Waals surface area contributed by atoms with Gasteiger partial charge in [0, 0.05) is 61.4 Å². The summed E-state index contributed by atoms with van der Waals surface area (Å²) in [7, 11) is 2.04. The van der Waals surface area contributed by atoms with Gasteiger partial charge in [-0.25, -0.2) is 22.2 Å². The fourth-order valence-electron chi connectivity index (χ4n) is 7.12. The molecule has 228 valence electrons. The summed E-state index contributed by atoms with van der Waals surface area (Å²) >= 11 is 0. The Balaban J connectivity index is 1.33. The molecule has 4 heterocycles. The first kappa shape index (κ1) is 29.4. The van der Waals surface area contributed by atoms with Crippen LogP contribution in [0.3, 0.4) is 0 Å². The maximum atomic E-state index is 16.0. The van der Waals surface area contributed by atoms with E-state index >= 15 is 8.78 Å². The van der Waals surface area contributed by atoms with Crippen LogP contribution in [-0.2, 0) is 11.3 Å². The molecule has 0 aliphatic carbocycles. The minimum absolute atomic E-state index is 0.0298. The Kier molecular flexibility index (Phi) is 8.49. The molecule has 1 aromatic heterocycles. The van der Waals surface area contributed by atoms with Crippen LogP contribution < -0.4 is 5.32 Å². The monoisotopic (exact) mass is 587 g/mol. The van der Waals surface area contributed by atoms with Crippen molar-refractivity contribution < 1.29 is 22.3 Å². The highest BCUT2D eigenvalue weighted by Gasteiger charge is 2.39. The van der Waals surface area contributed by atoms with E-state index < -0.39 is 30.4 Å². The molecule has 3 aromatic rings. The summed E-state index contributed by atoms with van der Waals surface area (Å²) in [4.78, 5) is 4.02. The van der Waals surface area contributed by atoms with E-state index in [0.29, 0.717) is 31.2 Å². The second kappa shape index (κ2) is 12.1. The predicted molar refractivity (Wildman–Crippen MR) is 156 cm³/mol. The van der Waals surface area contributed by atoms with Crippen molar-refractivity contribution in [2.45, 2.75) is 76.5 Å². The highest BCUT2D eigenvalue weighted by molar-refractivity contribution is 5.84. The number of likely N-dealkylation sites (N-methyl/N-ethyl adjacent to an activating group) is 1. The SMILES string of the molecule is CC(C)C[C@H]1[C@H](c2c(F)cc(NC3CN(CC(F)CF)C3)cc2F)c2ccc3c(cnn3C3CCCCO3)c2CN1C. The smallest absolute Gasteiger partial charge is 0.150 e. The molecule has 2 aromatic carbocycles. The topological polar surface area (TPSA) is 45.6 Å². The van der Waals surface area contributed by atoms with E-state index in [1.54, 1.807) is 4.90 Å². The molecule has 0 radical (unpaired) electrons. The standard InChI is InChI=1S/C32H41F4N5O/c1-19(2)10-29-31(32-26(35)11-21(12-27(32)36)38-22-16-40(17-22)15-20(34)13-33)23-7-8-28-24(25(23)18-39(29)3)14-37-41(28)30-6-4-5-9-42-30/h7-8,11-12,14,19-20,22,29-31,38H,4-6,9-10,13,15-18H2,1-3H3/t20?,29-,30?,31+/m0/s1. The van der Waals surface area contributed by atoms with Crippen molar-refractivity contribution in [3.05, 3.63) is 58.8 Å². The van der Waals surface area contributed by atoms with Crippen LogP contribution in [0.25, 0.3) is 10.9 Å². The fraction of sp³-hybridized carbons (Fsp3) is 0.594. The Bertz CT molecular complexity index is 1380. The van der Waals surface area contributed by atoms with Gasteiger partial charge in [-0.15, -0.1) is 0 Å². The van der Waals surface area contributed by atoms with Gasteiger partial charge in [-0.1, -0.05) is 19.9 Å². The average molecular weight is 588 g/mol. The summed E-state index contributed by atoms with van der Waals surface area (Å²) in [6.45, 7) is 5.68. The zero-order valence-corrected chi connectivity index (χ0v) is 24.6. The fourth-order valence-corrected chi connectivity index (χ4v) is 7.12. The number of fused-ring (bicyclic) bond motifs is 3. The lowest BCUT2D eigenvalue weighted by atomic mass is 9.75. The third-order valence-electron chi connectivity index (χ3n) is 9.10. The molecule has 6 nitrogen and oxygen atoms in total. The summed E-state index contributed by atoms with van der Waals surface area (Å²) in [5, 5.41) is 8.87. The largest absolute Gasteiger partial charge is 0.380 e. The quantitative estimate of drug-likeness (QED) is 0.293. The van der Waals surface area contributed by atoms with Gasteiger partial charge in [0.2, 0.25) is 0 Å². The van der Waals surface area contributed by atoms with E-state index in [9.17, 15) is 8.78 Å². The summed E-state index contributed by atoms with van der Waals surface area (Å²) in [6.07, 6.45) is 4.12. The van der Waals surface area contributed by atoms with Crippen LogP contribution in [0.1, 0.15) is 68.4 Å². The molecule has 42 heavy (non-hydrogen) atoms. The maximum absolute atomic E-state index is 16.0. The number of hydrogen-bond acceptors (Lipinski definition) is 5. The minimum atomic E-state index is -1.51. The van der Waals surface area contributed by atoms with Crippen LogP contribution in [0.5, 0.6) is 0 Å². The van der Waals surface area contributed by atoms with Crippen LogP contribution in [0.4, 0.5) is 23.2 Å². The molecule has 10 heteroatoms. The van der Waals surface area contributed by atoms with Gasteiger partial charge in [0.1, 0.15) is 24.5 Å². The second-order valence-corrected chi connectivity index (χ2v) is 12.7. The maximum Gasteiger partial charge on any atom is 0.150 e. The second-order valence-electron chi connectivity index (χ2n) is 12.7. The molecule has 2 unspecified atom stereocenters. The van der Waals surface area contributed by atoms with Gasteiger partial charge in [0.25, 0.3) is 0 Å². The molecule has 0 spiro atoms. The van der Waals surface area contributed by atoms with Gasteiger partial charge in [-0.2, -0.15) is 5.10 Å². The Hall–Kier alpha value is -2.69. The first-order valence-electron chi connectivity index (χ1n) is 15.2. The Labute approximate surface area is 245 Å². The number of likely N-dealkylation sites (tertiary alicyclic amines) is 1. The molecule has 0 saturated carbocycles. The molecule has 1 N–H and O–H groups in total. The Morgan fingerprint density at radius 1 is 1.12 bits per heavy atom. The van der Waals surface area contributed by atoms with E-state index in [1.165, 1.54) is 12.1 Å². The lowest BCUT2D eigenvalue weighted by Gasteiger charge is -2.42. The highest BCUT2D eigenvalue weighted by Crippen LogP contribution is 2.45. The molecule has 3 aliphatic heterocycles. The summed E-state index contributed by atoms with van der Waals surface area (Å²) in [5.74, 6) is -1.32. The van der Waals surface area contributed by atoms with Crippen molar-refractivity contribution in [2.24, 2.45) is 5.92 Å². The third-order valence-corrected chi connectivity index (χ3v) is 9.10. The first-order valence-corrected chi connectivity index (χ1v) is 15.2. The zero-order chi connectivity index (χ0) is 29.5. The van der Waals surface area contributed by atoms with Crippen molar-refractivity contribution in [1.29, 1.82) is 0 Å². The highest BCUT2D eigenvalue weighted by atomic mass is 19.2. The molecule has 6 rings (SSSR count). The molecule has 4 atom stereocenters. The van der Waals surface area contributed by atoms with Crippen LogP contribution in [0.2, 0.25) is 0 Å². The van der Waals surface area contributed by atoms with Gasteiger partial charge in [0.15, 0.2) is 6.23 Å². The van der Waals surface area contributed by atoms with Crippen molar-refractivity contribution in [1.82, 2.24) is 19.6 Å². The molecule has 2 saturated heterocycles. The zero-order valence-electron chi connectivity index (χ0n) is 24.6. The lowest BCUT2D eigenvalue weighted by molar-refractivity contribution is -0.0366. The van der Waals surface area contributed by atoms with Gasteiger partial charge in [0.05, 0.1) is 17.8 Å².